The highest BCUT2D eigenvalue weighted by molar-refractivity contribution is 8.00. The Morgan fingerprint density at radius 1 is 1.00 bits per heavy atom. The molecular formula is C21H18F3N3O2S. The minimum atomic E-state index is -4.68. The molecule has 0 spiro atoms. The van der Waals surface area contributed by atoms with E-state index in [0.717, 1.165) is 11.8 Å². The average Bonchev–Trinajstić information content (AvgIpc) is 2.77. The zero-order valence-electron chi connectivity index (χ0n) is 15.8. The normalized spacial score (nSPS) is 15.9. The van der Waals surface area contributed by atoms with Crippen LogP contribution in [0.4, 0.5) is 13.2 Å². The second-order valence-electron chi connectivity index (χ2n) is 6.71. The molecule has 2 heterocycles. The number of thioether (sulfide) groups is 1. The summed E-state index contributed by atoms with van der Waals surface area (Å²) in [7, 11) is 0. The number of alkyl halides is 3. The number of para-hydroxylation sites is 1. The van der Waals surface area contributed by atoms with Crippen molar-refractivity contribution in [2.24, 2.45) is 0 Å². The lowest BCUT2D eigenvalue weighted by Gasteiger charge is -2.30. The molecule has 0 N–H and O–H groups in total. The summed E-state index contributed by atoms with van der Waals surface area (Å²) in [5.41, 5.74) is 0.892. The number of amides is 1. The molecule has 0 aliphatic carbocycles. The van der Waals surface area contributed by atoms with Gasteiger partial charge in [-0.05, 0) is 11.6 Å². The number of carbonyl (C=O) groups excluding carboxylic acids is 1. The number of nitrogens with zero attached hydrogens (tertiary/aromatic N) is 3. The fraction of sp³-hybridized carbons (Fsp3) is 0.286. The molecule has 30 heavy (non-hydrogen) atoms. The third kappa shape index (κ3) is 4.41. The van der Waals surface area contributed by atoms with Gasteiger partial charge in [0.2, 0.25) is 11.7 Å². The van der Waals surface area contributed by atoms with Crippen LogP contribution in [0, 0.1) is 0 Å². The van der Waals surface area contributed by atoms with Gasteiger partial charge < -0.3 is 9.64 Å². The highest BCUT2D eigenvalue weighted by atomic mass is 32.2. The first-order valence-corrected chi connectivity index (χ1v) is 10.2. The third-order valence-electron chi connectivity index (χ3n) is 4.70. The van der Waals surface area contributed by atoms with E-state index in [9.17, 15) is 18.0 Å². The molecule has 1 atom stereocenters. The molecule has 2 aromatic carbocycles. The van der Waals surface area contributed by atoms with Crippen LogP contribution in [0.3, 0.4) is 0 Å². The maximum absolute atomic E-state index is 13.4. The van der Waals surface area contributed by atoms with Gasteiger partial charge in [0.1, 0.15) is 10.3 Å². The summed E-state index contributed by atoms with van der Waals surface area (Å²) in [5, 5.41) is -0.127. The number of ether oxygens (including phenoxy) is 1. The Labute approximate surface area is 175 Å². The van der Waals surface area contributed by atoms with Crippen LogP contribution >= 0.6 is 11.8 Å². The van der Waals surface area contributed by atoms with Gasteiger partial charge in [-0.25, -0.2) is 9.97 Å². The summed E-state index contributed by atoms with van der Waals surface area (Å²) in [6.07, 6.45) is -4.68. The molecule has 0 saturated carbocycles. The largest absolute Gasteiger partial charge is 0.451 e. The minimum absolute atomic E-state index is 0.128. The van der Waals surface area contributed by atoms with Gasteiger partial charge in [0.25, 0.3) is 0 Å². The van der Waals surface area contributed by atoms with Crippen LogP contribution in [0.25, 0.3) is 10.9 Å². The fourth-order valence-electron chi connectivity index (χ4n) is 3.21. The maximum atomic E-state index is 13.4. The topological polar surface area (TPSA) is 55.3 Å². The molecule has 1 saturated heterocycles. The summed E-state index contributed by atoms with van der Waals surface area (Å²) >= 11 is 1.02. The molecule has 1 fully saturated rings. The van der Waals surface area contributed by atoms with Crippen LogP contribution in [0.5, 0.6) is 0 Å². The van der Waals surface area contributed by atoms with Crippen LogP contribution in [0.15, 0.2) is 59.6 Å². The summed E-state index contributed by atoms with van der Waals surface area (Å²) in [4.78, 5) is 22.4. The Balaban J connectivity index is 1.77. The van der Waals surface area contributed by atoms with E-state index in [0.29, 0.717) is 37.3 Å². The average molecular weight is 433 g/mol. The van der Waals surface area contributed by atoms with Gasteiger partial charge >= 0.3 is 6.18 Å². The predicted octanol–water partition coefficient (Wildman–Crippen LogP) is 4.34. The number of halogens is 3. The van der Waals surface area contributed by atoms with E-state index in [1.165, 1.54) is 6.07 Å². The number of hydrogen-bond donors (Lipinski definition) is 0. The zero-order valence-corrected chi connectivity index (χ0v) is 16.6. The van der Waals surface area contributed by atoms with E-state index in [4.69, 9.17) is 4.74 Å². The lowest BCUT2D eigenvalue weighted by Crippen LogP contribution is -2.42. The van der Waals surface area contributed by atoms with Crippen LogP contribution in [-0.4, -0.2) is 47.1 Å². The van der Waals surface area contributed by atoms with Crippen molar-refractivity contribution in [3.63, 3.8) is 0 Å². The zero-order chi connectivity index (χ0) is 21.1. The first-order valence-electron chi connectivity index (χ1n) is 9.35. The highest BCUT2D eigenvalue weighted by Crippen LogP contribution is 2.40. The summed E-state index contributed by atoms with van der Waals surface area (Å²) in [6, 6.07) is 15.5. The van der Waals surface area contributed by atoms with Crippen LogP contribution in [-0.2, 0) is 15.7 Å². The summed E-state index contributed by atoms with van der Waals surface area (Å²) in [6.45, 7) is 1.77. The first-order chi connectivity index (χ1) is 14.4. The van der Waals surface area contributed by atoms with E-state index >= 15 is 0 Å². The molecule has 3 aromatic rings. The van der Waals surface area contributed by atoms with Crippen molar-refractivity contribution in [2.45, 2.75) is 16.5 Å². The molecule has 1 aliphatic heterocycles. The molecule has 0 bridgehead atoms. The minimum Gasteiger partial charge on any atom is -0.378 e. The van der Waals surface area contributed by atoms with E-state index in [1.807, 2.05) is 6.07 Å². The standard InChI is InChI=1S/C21H18F3N3O2S/c22-21(23,24)20-25-16-9-5-4-8-15(16)18(26-20)30-17(14-6-2-1-3-7-14)19(28)27-10-12-29-13-11-27/h1-9,17H,10-13H2/t17-/m0/s1. The van der Waals surface area contributed by atoms with E-state index in [-0.39, 0.29) is 16.4 Å². The van der Waals surface area contributed by atoms with Crippen LogP contribution in [0.2, 0.25) is 0 Å². The van der Waals surface area contributed by atoms with Gasteiger partial charge in [0.05, 0.1) is 18.7 Å². The number of fused-ring (bicyclic) bond motifs is 1. The van der Waals surface area contributed by atoms with Crippen LogP contribution in [0.1, 0.15) is 16.6 Å². The van der Waals surface area contributed by atoms with Gasteiger partial charge in [-0.1, -0.05) is 60.3 Å². The number of rotatable bonds is 4. The lowest BCUT2D eigenvalue weighted by atomic mass is 10.1. The Bertz CT molecular complexity index is 1040. The second kappa shape index (κ2) is 8.61. The summed E-state index contributed by atoms with van der Waals surface area (Å²) < 4.78 is 45.5. The molecule has 0 unspecified atom stereocenters. The van der Waals surface area contributed by atoms with Crippen molar-refractivity contribution in [3.05, 3.63) is 66.0 Å². The maximum Gasteiger partial charge on any atom is 0.451 e. The molecule has 1 aliphatic rings. The second-order valence-corrected chi connectivity index (χ2v) is 7.81. The van der Waals surface area contributed by atoms with Crippen molar-refractivity contribution in [2.75, 3.05) is 26.3 Å². The Kier molecular flexibility index (Phi) is 5.92. The molecule has 4 rings (SSSR count). The van der Waals surface area contributed by atoms with Crippen molar-refractivity contribution < 1.29 is 22.7 Å². The molecule has 1 aromatic heterocycles. The monoisotopic (exact) mass is 433 g/mol. The van der Waals surface area contributed by atoms with Gasteiger partial charge in [-0.2, -0.15) is 13.2 Å². The molecule has 156 valence electrons. The Morgan fingerprint density at radius 2 is 1.67 bits per heavy atom. The van der Waals surface area contributed by atoms with Gasteiger partial charge in [-0.3, -0.25) is 4.79 Å². The van der Waals surface area contributed by atoms with Crippen molar-refractivity contribution in [1.29, 1.82) is 0 Å². The third-order valence-corrected chi connectivity index (χ3v) is 5.94. The number of aromatic nitrogens is 2. The van der Waals surface area contributed by atoms with Gasteiger partial charge in [-0.15, -0.1) is 0 Å². The van der Waals surface area contributed by atoms with Crippen LogP contribution < -0.4 is 0 Å². The Hall–Kier alpha value is -2.65. The first kappa shape index (κ1) is 20.6. The molecule has 9 heteroatoms. The number of benzene rings is 2. The van der Waals surface area contributed by atoms with E-state index in [2.05, 4.69) is 9.97 Å². The smallest absolute Gasteiger partial charge is 0.378 e. The van der Waals surface area contributed by atoms with E-state index in [1.54, 1.807) is 47.4 Å². The van der Waals surface area contributed by atoms with Gasteiger partial charge in [0.15, 0.2) is 0 Å². The number of hydrogen-bond acceptors (Lipinski definition) is 5. The number of carbonyl (C=O) groups is 1. The molecule has 5 nitrogen and oxygen atoms in total. The van der Waals surface area contributed by atoms with Crippen molar-refractivity contribution in [1.82, 2.24) is 14.9 Å². The predicted molar refractivity (Wildman–Crippen MR) is 107 cm³/mol. The lowest BCUT2D eigenvalue weighted by molar-refractivity contribution is -0.145. The van der Waals surface area contributed by atoms with E-state index < -0.39 is 17.3 Å². The fourth-order valence-corrected chi connectivity index (χ4v) is 4.42. The number of morpholine rings is 1. The summed E-state index contributed by atoms with van der Waals surface area (Å²) in [5.74, 6) is -1.39. The van der Waals surface area contributed by atoms with Gasteiger partial charge in [0, 0.05) is 18.5 Å². The Morgan fingerprint density at radius 3 is 2.37 bits per heavy atom. The molecule has 1 amide bonds. The van der Waals surface area contributed by atoms with Crippen molar-refractivity contribution >= 4 is 28.6 Å². The quantitative estimate of drug-likeness (QED) is 0.453. The van der Waals surface area contributed by atoms with Crippen molar-refractivity contribution in [3.8, 4) is 0 Å². The molecule has 0 radical (unpaired) electrons. The highest BCUT2D eigenvalue weighted by Gasteiger charge is 2.36. The molecular weight excluding hydrogens is 415 g/mol. The SMILES string of the molecule is O=C([C@@H](Sc1nc(C(F)(F)F)nc2ccccc12)c1ccccc1)N1CCOCC1.